The number of halogens is 1. The average molecular weight is 338 g/mol. The quantitative estimate of drug-likeness (QED) is 0.857. The molecule has 4 nitrogen and oxygen atoms in total. The third-order valence-corrected chi connectivity index (χ3v) is 5.40. The molecule has 0 aromatic heterocycles. The van der Waals surface area contributed by atoms with E-state index in [0.29, 0.717) is 23.6 Å². The van der Waals surface area contributed by atoms with E-state index >= 15 is 0 Å². The zero-order valence-electron chi connectivity index (χ0n) is 11.9. The number of nitrogens with zero attached hydrogens (tertiary/aromatic N) is 1. The highest BCUT2D eigenvalue weighted by molar-refractivity contribution is 7.88. The fraction of sp³-hybridized carbons (Fsp3) is 0.250. The summed E-state index contributed by atoms with van der Waals surface area (Å²) in [6, 6.07) is 16.1. The van der Waals surface area contributed by atoms with E-state index in [1.54, 1.807) is 24.3 Å². The molecule has 3 rings (SSSR count). The number of hydroxylamine groups is 1. The zero-order valence-corrected chi connectivity index (χ0v) is 13.4. The second-order valence-corrected chi connectivity index (χ2v) is 7.44. The molecule has 1 aliphatic rings. The highest BCUT2D eigenvalue weighted by Gasteiger charge is 2.36. The first-order valence-electron chi connectivity index (χ1n) is 7.01. The van der Waals surface area contributed by atoms with Gasteiger partial charge in [0.15, 0.2) is 0 Å². The van der Waals surface area contributed by atoms with Gasteiger partial charge in [-0.05, 0) is 29.7 Å². The minimum atomic E-state index is -3.57. The Bertz CT molecular complexity index is 749. The molecule has 116 valence electrons. The van der Waals surface area contributed by atoms with Crippen molar-refractivity contribution in [3.05, 3.63) is 70.7 Å². The van der Waals surface area contributed by atoms with Crippen LogP contribution in [0.15, 0.2) is 54.6 Å². The summed E-state index contributed by atoms with van der Waals surface area (Å²) in [6.45, 7) is 0.397. The average Bonchev–Trinajstić information content (AvgIpc) is 2.98. The normalized spacial score (nSPS) is 19.4. The summed E-state index contributed by atoms with van der Waals surface area (Å²) in [7, 11) is -3.57. The standard InChI is InChI=1S/C16H16ClNO3S/c17-15-8-4-5-13(11-15)12-22(19,20)18-16(9-10-21-18)14-6-2-1-3-7-14/h1-8,11,16H,9-10,12H2/t16-/m0/s1. The van der Waals surface area contributed by atoms with E-state index in [9.17, 15) is 8.42 Å². The monoisotopic (exact) mass is 337 g/mol. The van der Waals surface area contributed by atoms with E-state index < -0.39 is 10.0 Å². The van der Waals surface area contributed by atoms with Gasteiger partial charge >= 0.3 is 0 Å². The minimum Gasteiger partial charge on any atom is -0.284 e. The lowest BCUT2D eigenvalue weighted by Crippen LogP contribution is -2.30. The molecule has 0 N–H and O–H groups in total. The highest BCUT2D eigenvalue weighted by atomic mass is 35.5. The number of hydrogen-bond acceptors (Lipinski definition) is 3. The van der Waals surface area contributed by atoms with Crippen LogP contribution in [0.3, 0.4) is 0 Å². The Labute approximate surface area is 135 Å². The number of benzene rings is 2. The van der Waals surface area contributed by atoms with Crippen LogP contribution in [0, 0.1) is 0 Å². The van der Waals surface area contributed by atoms with Crippen LogP contribution in [0.25, 0.3) is 0 Å². The molecule has 1 aliphatic heterocycles. The molecule has 22 heavy (non-hydrogen) atoms. The molecule has 0 aliphatic carbocycles. The van der Waals surface area contributed by atoms with Gasteiger partial charge in [0.2, 0.25) is 10.0 Å². The smallest absolute Gasteiger partial charge is 0.240 e. The molecular weight excluding hydrogens is 322 g/mol. The van der Waals surface area contributed by atoms with Crippen molar-refractivity contribution in [2.24, 2.45) is 0 Å². The van der Waals surface area contributed by atoms with Crippen LogP contribution in [0.2, 0.25) is 5.02 Å². The summed E-state index contributed by atoms with van der Waals surface area (Å²) in [5, 5.41) is 0.523. The van der Waals surface area contributed by atoms with Gasteiger partial charge in [-0.15, -0.1) is 0 Å². The first kappa shape index (κ1) is 15.5. The van der Waals surface area contributed by atoms with Crippen molar-refractivity contribution in [3.8, 4) is 0 Å². The van der Waals surface area contributed by atoms with Crippen LogP contribution in [0.4, 0.5) is 0 Å². The van der Waals surface area contributed by atoms with Crippen molar-refractivity contribution < 1.29 is 13.3 Å². The van der Waals surface area contributed by atoms with Crippen molar-refractivity contribution in [1.29, 1.82) is 0 Å². The second-order valence-electron chi connectivity index (χ2n) is 5.19. The fourth-order valence-electron chi connectivity index (χ4n) is 2.59. The van der Waals surface area contributed by atoms with Gasteiger partial charge in [-0.2, -0.15) is 0 Å². The minimum absolute atomic E-state index is 0.128. The van der Waals surface area contributed by atoms with Crippen LogP contribution in [-0.4, -0.2) is 19.5 Å². The lowest BCUT2D eigenvalue weighted by Gasteiger charge is -2.22. The molecule has 0 saturated carbocycles. The molecule has 2 aromatic carbocycles. The molecular formula is C16H16ClNO3S. The molecule has 1 fully saturated rings. The van der Waals surface area contributed by atoms with Gasteiger partial charge in [-0.25, -0.2) is 8.42 Å². The van der Waals surface area contributed by atoms with E-state index in [1.807, 2.05) is 30.3 Å². The first-order chi connectivity index (χ1) is 10.6. The van der Waals surface area contributed by atoms with Gasteiger partial charge in [0.1, 0.15) is 0 Å². The van der Waals surface area contributed by atoms with E-state index in [2.05, 4.69) is 0 Å². The number of sulfonamides is 1. The third-order valence-electron chi connectivity index (χ3n) is 3.56. The molecule has 2 aromatic rings. The Morgan fingerprint density at radius 1 is 1.14 bits per heavy atom. The Morgan fingerprint density at radius 3 is 2.64 bits per heavy atom. The van der Waals surface area contributed by atoms with Gasteiger partial charge < -0.3 is 0 Å². The maximum atomic E-state index is 12.7. The van der Waals surface area contributed by atoms with E-state index in [4.69, 9.17) is 16.4 Å². The lowest BCUT2D eigenvalue weighted by molar-refractivity contribution is -0.0501. The Hall–Kier alpha value is -1.40. The highest BCUT2D eigenvalue weighted by Crippen LogP contribution is 2.33. The van der Waals surface area contributed by atoms with Crippen LogP contribution < -0.4 is 0 Å². The SMILES string of the molecule is O=S(=O)(Cc1cccc(Cl)c1)N1OCC[C@H]1c1ccccc1. The van der Waals surface area contributed by atoms with Crippen molar-refractivity contribution in [2.45, 2.75) is 18.2 Å². The summed E-state index contributed by atoms with van der Waals surface area (Å²) >= 11 is 5.92. The number of rotatable bonds is 4. The summed E-state index contributed by atoms with van der Waals surface area (Å²) in [5.41, 5.74) is 1.59. The summed E-state index contributed by atoms with van der Waals surface area (Å²) in [6.07, 6.45) is 0.652. The molecule has 0 unspecified atom stereocenters. The van der Waals surface area contributed by atoms with Gasteiger partial charge in [-0.3, -0.25) is 4.84 Å². The van der Waals surface area contributed by atoms with Crippen LogP contribution in [0.1, 0.15) is 23.6 Å². The molecule has 1 atom stereocenters. The molecule has 0 spiro atoms. The van der Waals surface area contributed by atoms with Gasteiger partial charge in [0.05, 0.1) is 18.4 Å². The van der Waals surface area contributed by atoms with Crippen LogP contribution >= 0.6 is 11.6 Å². The lowest BCUT2D eigenvalue weighted by atomic mass is 10.1. The fourth-order valence-corrected chi connectivity index (χ4v) is 4.38. The first-order valence-corrected chi connectivity index (χ1v) is 8.99. The van der Waals surface area contributed by atoms with Crippen LogP contribution in [0.5, 0.6) is 0 Å². The van der Waals surface area contributed by atoms with Crippen molar-refractivity contribution in [2.75, 3.05) is 6.61 Å². The molecule has 0 bridgehead atoms. The maximum absolute atomic E-state index is 12.7. The van der Waals surface area contributed by atoms with E-state index in [1.165, 1.54) is 0 Å². The van der Waals surface area contributed by atoms with Gasteiger partial charge in [0, 0.05) is 5.02 Å². The summed E-state index contributed by atoms with van der Waals surface area (Å²) in [5.74, 6) is -0.128. The van der Waals surface area contributed by atoms with Crippen molar-refractivity contribution >= 4 is 21.6 Å². The summed E-state index contributed by atoms with van der Waals surface area (Å²) < 4.78 is 26.5. The molecule has 0 amide bonds. The second kappa shape index (κ2) is 6.38. The largest absolute Gasteiger partial charge is 0.284 e. The topological polar surface area (TPSA) is 46.6 Å². The maximum Gasteiger partial charge on any atom is 0.240 e. The van der Waals surface area contributed by atoms with Gasteiger partial charge in [0.25, 0.3) is 0 Å². The Balaban J connectivity index is 1.85. The van der Waals surface area contributed by atoms with Crippen molar-refractivity contribution in [3.63, 3.8) is 0 Å². The molecule has 6 heteroatoms. The van der Waals surface area contributed by atoms with Crippen LogP contribution in [-0.2, 0) is 20.6 Å². The summed E-state index contributed by atoms with van der Waals surface area (Å²) in [4.78, 5) is 5.40. The molecule has 0 radical (unpaired) electrons. The van der Waals surface area contributed by atoms with Gasteiger partial charge in [-0.1, -0.05) is 58.5 Å². The molecule has 1 heterocycles. The third kappa shape index (κ3) is 3.33. The van der Waals surface area contributed by atoms with E-state index in [0.717, 1.165) is 10.0 Å². The Morgan fingerprint density at radius 2 is 1.91 bits per heavy atom. The number of hydrogen-bond donors (Lipinski definition) is 0. The zero-order chi connectivity index (χ0) is 15.6. The Kier molecular flexibility index (Phi) is 4.49. The van der Waals surface area contributed by atoms with E-state index in [-0.39, 0.29) is 11.8 Å². The molecule has 1 saturated heterocycles. The predicted octanol–water partition coefficient (Wildman–Crippen LogP) is 3.55. The predicted molar refractivity (Wildman–Crippen MR) is 85.7 cm³/mol. The van der Waals surface area contributed by atoms with Crippen molar-refractivity contribution in [1.82, 2.24) is 4.47 Å².